The second-order valence-electron chi connectivity index (χ2n) is 4.69. The maximum atomic E-state index is 4.26. The molecular weight excluding hydrogens is 245 g/mol. The highest BCUT2D eigenvalue weighted by Crippen LogP contribution is 2.36. The maximum Gasteiger partial charge on any atom is 0.0492 e. The molecule has 2 saturated heterocycles. The number of aryl methyl sites for hydroxylation is 1. The first kappa shape index (κ1) is 13.8. The fourth-order valence-corrected chi connectivity index (χ4v) is 3.08. The van der Waals surface area contributed by atoms with Crippen LogP contribution in [0.15, 0.2) is 12.3 Å². The third kappa shape index (κ3) is 2.36. The van der Waals surface area contributed by atoms with Crippen LogP contribution in [0.3, 0.4) is 0 Å². The Balaban J connectivity index is 0.000000640. The van der Waals surface area contributed by atoms with Gasteiger partial charge in [-0.2, -0.15) is 5.10 Å². The predicted molar refractivity (Wildman–Crippen MR) is 69.6 cm³/mol. The van der Waals surface area contributed by atoms with E-state index in [-0.39, 0.29) is 24.8 Å². The van der Waals surface area contributed by atoms with Crippen molar-refractivity contribution in [2.24, 2.45) is 7.05 Å². The highest BCUT2D eigenvalue weighted by Gasteiger charge is 2.34. The van der Waals surface area contributed by atoms with Crippen LogP contribution in [0.5, 0.6) is 0 Å². The summed E-state index contributed by atoms with van der Waals surface area (Å²) >= 11 is 0. The van der Waals surface area contributed by atoms with Crippen LogP contribution in [-0.4, -0.2) is 21.9 Å². The quantitative estimate of drug-likeness (QED) is 0.843. The standard InChI is InChI=1S/C11H17N3.2ClH/c1-14-11(4-5-12-14)8-6-9-2-3-10(7-8)13-9;;/h4-5,8-10,13H,2-3,6-7H2,1H3;2*1H. The van der Waals surface area contributed by atoms with Crippen molar-refractivity contribution in [3.63, 3.8) is 0 Å². The number of aromatic nitrogens is 2. The van der Waals surface area contributed by atoms with E-state index in [2.05, 4.69) is 23.5 Å². The SMILES string of the molecule is Cl.Cl.Cn1nccc1C1CC2CCC(C1)N2. The van der Waals surface area contributed by atoms with Crippen LogP contribution >= 0.6 is 24.8 Å². The van der Waals surface area contributed by atoms with Gasteiger partial charge in [0, 0.05) is 36.9 Å². The molecule has 0 amide bonds. The van der Waals surface area contributed by atoms with Crippen LogP contribution in [0.25, 0.3) is 0 Å². The Hall–Kier alpha value is -0.250. The summed E-state index contributed by atoms with van der Waals surface area (Å²) in [6.07, 6.45) is 7.27. The highest BCUT2D eigenvalue weighted by molar-refractivity contribution is 5.85. The van der Waals surface area contributed by atoms with Gasteiger partial charge in [0.15, 0.2) is 0 Å². The minimum absolute atomic E-state index is 0. The molecule has 16 heavy (non-hydrogen) atoms. The molecule has 3 heterocycles. The van der Waals surface area contributed by atoms with Crippen LogP contribution < -0.4 is 5.32 Å². The molecule has 0 radical (unpaired) electrons. The Morgan fingerprint density at radius 2 is 1.88 bits per heavy atom. The molecule has 1 aromatic heterocycles. The lowest BCUT2D eigenvalue weighted by molar-refractivity contribution is 0.352. The molecule has 1 N–H and O–H groups in total. The molecule has 2 bridgehead atoms. The third-order valence-corrected chi connectivity index (χ3v) is 3.75. The van der Waals surface area contributed by atoms with Gasteiger partial charge in [0.25, 0.3) is 0 Å². The topological polar surface area (TPSA) is 29.9 Å². The van der Waals surface area contributed by atoms with Crippen LogP contribution in [0.2, 0.25) is 0 Å². The summed E-state index contributed by atoms with van der Waals surface area (Å²) in [4.78, 5) is 0. The van der Waals surface area contributed by atoms with Crippen LogP contribution in [0.1, 0.15) is 37.3 Å². The molecule has 2 unspecified atom stereocenters. The Bertz CT molecular complexity index is 328. The predicted octanol–water partition coefficient (Wildman–Crippen LogP) is 2.26. The van der Waals surface area contributed by atoms with E-state index < -0.39 is 0 Å². The highest BCUT2D eigenvalue weighted by atomic mass is 35.5. The third-order valence-electron chi connectivity index (χ3n) is 3.75. The molecule has 0 saturated carbocycles. The van der Waals surface area contributed by atoms with Crippen molar-refractivity contribution in [3.05, 3.63) is 18.0 Å². The molecule has 2 aliphatic heterocycles. The zero-order valence-electron chi connectivity index (χ0n) is 9.43. The van der Waals surface area contributed by atoms with Gasteiger partial charge in [0.2, 0.25) is 0 Å². The van der Waals surface area contributed by atoms with Crippen molar-refractivity contribution in [2.45, 2.75) is 43.7 Å². The lowest BCUT2D eigenvalue weighted by Gasteiger charge is -2.29. The van der Waals surface area contributed by atoms with E-state index in [4.69, 9.17) is 0 Å². The molecule has 1 aromatic rings. The van der Waals surface area contributed by atoms with E-state index in [0.29, 0.717) is 0 Å². The average molecular weight is 264 g/mol. The summed E-state index contributed by atoms with van der Waals surface area (Å²) in [6.45, 7) is 0. The first-order chi connectivity index (χ1) is 6.83. The van der Waals surface area contributed by atoms with E-state index in [1.807, 2.05) is 10.9 Å². The van der Waals surface area contributed by atoms with Gasteiger partial charge < -0.3 is 5.32 Å². The number of hydrogen-bond donors (Lipinski definition) is 1. The van der Waals surface area contributed by atoms with Crippen molar-refractivity contribution in [3.8, 4) is 0 Å². The second-order valence-corrected chi connectivity index (χ2v) is 4.69. The number of rotatable bonds is 1. The van der Waals surface area contributed by atoms with Gasteiger partial charge in [-0.25, -0.2) is 0 Å². The summed E-state index contributed by atoms with van der Waals surface area (Å²) in [6, 6.07) is 3.72. The van der Waals surface area contributed by atoms with Crippen LogP contribution in [0.4, 0.5) is 0 Å². The fraction of sp³-hybridized carbons (Fsp3) is 0.727. The van der Waals surface area contributed by atoms with Gasteiger partial charge in [0.1, 0.15) is 0 Å². The van der Waals surface area contributed by atoms with E-state index in [1.54, 1.807) is 0 Å². The minimum atomic E-state index is 0. The molecule has 92 valence electrons. The van der Waals surface area contributed by atoms with E-state index >= 15 is 0 Å². The number of fused-ring (bicyclic) bond motifs is 2. The number of hydrogen-bond acceptors (Lipinski definition) is 2. The lowest BCUT2D eigenvalue weighted by atomic mass is 9.90. The fourth-order valence-electron chi connectivity index (χ4n) is 3.08. The summed E-state index contributed by atoms with van der Waals surface area (Å²) in [5, 5.41) is 7.93. The number of nitrogens with zero attached hydrogens (tertiary/aromatic N) is 2. The Morgan fingerprint density at radius 3 is 2.38 bits per heavy atom. The summed E-state index contributed by atoms with van der Waals surface area (Å²) in [5.41, 5.74) is 1.42. The molecule has 0 spiro atoms. The molecular formula is C11H19Cl2N3. The summed E-state index contributed by atoms with van der Waals surface area (Å²) in [7, 11) is 2.05. The van der Waals surface area contributed by atoms with Crippen molar-refractivity contribution in [2.75, 3.05) is 0 Å². The molecule has 2 aliphatic rings. The largest absolute Gasteiger partial charge is 0.311 e. The lowest BCUT2D eigenvalue weighted by Crippen LogP contribution is -2.37. The first-order valence-electron chi connectivity index (χ1n) is 5.57. The van der Waals surface area contributed by atoms with Gasteiger partial charge in [-0.05, 0) is 31.7 Å². The Labute approximate surface area is 109 Å². The average Bonchev–Trinajstić information content (AvgIpc) is 2.73. The summed E-state index contributed by atoms with van der Waals surface area (Å²) in [5.74, 6) is 0.737. The summed E-state index contributed by atoms with van der Waals surface area (Å²) < 4.78 is 2.04. The molecule has 2 atom stereocenters. The smallest absolute Gasteiger partial charge is 0.0492 e. The van der Waals surface area contributed by atoms with Gasteiger partial charge >= 0.3 is 0 Å². The van der Waals surface area contributed by atoms with Crippen LogP contribution in [0, 0.1) is 0 Å². The number of nitrogens with one attached hydrogen (secondary N) is 1. The van der Waals surface area contributed by atoms with Crippen molar-refractivity contribution in [1.82, 2.24) is 15.1 Å². The zero-order chi connectivity index (χ0) is 9.54. The van der Waals surface area contributed by atoms with E-state index in [1.165, 1.54) is 31.4 Å². The van der Waals surface area contributed by atoms with E-state index in [9.17, 15) is 0 Å². The van der Waals surface area contributed by atoms with Gasteiger partial charge in [-0.1, -0.05) is 0 Å². The number of halogens is 2. The minimum Gasteiger partial charge on any atom is -0.311 e. The normalized spacial score (nSPS) is 31.7. The van der Waals surface area contributed by atoms with E-state index in [0.717, 1.165) is 18.0 Å². The Kier molecular flexibility index (Phi) is 4.65. The van der Waals surface area contributed by atoms with Gasteiger partial charge in [-0.15, -0.1) is 24.8 Å². The molecule has 5 heteroatoms. The zero-order valence-corrected chi connectivity index (χ0v) is 11.1. The monoisotopic (exact) mass is 263 g/mol. The van der Waals surface area contributed by atoms with Crippen molar-refractivity contribution >= 4 is 24.8 Å². The Morgan fingerprint density at radius 1 is 1.25 bits per heavy atom. The maximum absolute atomic E-state index is 4.26. The van der Waals surface area contributed by atoms with Gasteiger partial charge in [-0.3, -0.25) is 4.68 Å². The second kappa shape index (κ2) is 5.39. The molecule has 3 rings (SSSR count). The first-order valence-corrected chi connectivity index (χ1v) is 5.57. The van der Waals surface area contributed by atoms with Crippen molar-refractivity contribution in [1.29, 1.82) is 0 Å². The molecule has 3 nitrogen and oxygen atoms in total. The molecule has 0 aliphatic carbocycles. The molecule has 2 fully saturated rings. The number of piperidine rings is 1. The molecule has 0 aromatic carbocycles. The van der Waals surface area contributed by atoms with Gasteiger partial charge in [0.05, 0.1) is 0 Å². The van der Waals surface area contributed by atoms with Crippen LogP contribution in [-0.2, 0) is 7.05 Å². The van der Waals surface area contributed by atoms with Crippen molar-refractivity contribution < 1.29 is 0 Å².